The number of aryl methyl sites for hydroxylation is 1. The number of halogens is 3. The maximum atomic E-state index is 13.4. The number of rotatable bonds is 3. The highest BCUT2D eigenvalue weighted by Crippen LogP contribution is 2.26. The Kier molecular flexibility index (Phi) is 4.39. The first-order valence-electron chi connectivity index (χ1n) is 5.68. The molecule has 0 radical (unpaired) electrons. The molecule has 1 heterocycles. The zero-order chi connectivity index (χ0) is 14.9. The van der Waals surface area contributed by atoms with Crippen LogP contribution in [0.15, 0.2) is 16.6 Å². The molecule has 0 aliphatic heterocycles. The van der Waals surface area contributed by atoms with Crippen LogP contribution >= 0.6 is 27.5 Å². The van der Waals surface area contributed by atoms with Crippen molar-refractivity contribution in [2.24, 2.45) is 0 Å². The maximum absolute atomic E-state index is 13.4. The molecule has 0 spiro atoms. The van der Waals surface area contributed by atoms with Gasteiger partial charge in [-0.1, -0.05) is 0 Å². The molecule has 1 aromatic heterocycles. The summed E-state index contributed by atoms with van der Waals surface area (Å²) in [5.41, 5.74) is 1.42. The molecule has 20 heavy (non-hydrogen) atoms. The Morgan fingerprint density at radius 3 is 2.60 bits per heavy atom. The van der Waals surface area contributed by atoms with Crippen molar-refractivity contribution in [1.29, 1.82) is 0 Å². The van der Waals surface area contributed by atoms with E-state index in [1.54, 1.807) is 32.0 Å². The van der Waals surface area contributed by atoms with Crippen molar-refractivity contribution >= 4 is 45.1 Å². The van der Waals surface area contributed by atoms with E-state index in [0.717, 1.165) is 5.56 Å². The molecule has 0 atom stereocenters. The Hall–Kier alpha value is -1.47. The van der Waals surface area contributed by atoms with E-state index >= 15 is 0 Å². The molecule has 0 fully saturated rings. The Morgan fingerprint density at radius 1 is 1.25 bits per heavy atom. The van der Waals surface area contributed by atoms with Crippen LogP contribution in [-0.4, -0.2) is 29.0 Å². The number of hydrogen-bond acceptors (Lipinski definition) is 5. The van der Waals surface area contributed by atoms with Crippen LogP contribution in [0.25, 0.3) is 0 Å². The molecule has 0 unspecified atom stereocenters. The number of hydrogen-bond donors (Lipinski definition) is 1. The molecule has 8 heteroatoms. The van der Waals surface area contributed by atoms with E-state index in [9.17, 15) is 4.39 Å². The van der Waals surface area contributed by atoms with Gasteiger partial charge in [-0.2, -0.15) is 15.0 Å². The molecular formula is C12H12BrClFN5. The number of nitrogens with zero attached hydrogens (tertiary/aromatic N) is 4. The van der Waals surface area contributed by atoms with E-state index in [4.69, 9.17) is 11.6 Å². The average Bonchev–Trinajstić information content (AvgIpc) is 2.35. The second-order valence-corrected chi connectivity index (χ2v) is 5.52. The van der Waals surface area contributed by atoms with Crippen LogP contribution in [-0.2, 0) is 0 Å². The summed E-state index contributed by atoms with van der Waals surface area (Å²) in [6, 6.07) is 3.04. The third-order valence-electron chi connectivity index (χ3n) is 2.51. The lowest BCUT2D eigenvalue weighted by Gasteiger charge is -2.13. The predicted octanol–water partition coefficient (Wildman–Crippen LogP) is 3.54. The Balaban J connectivity index is 2.37. The van der Waals surface area contributed by atoms with Gasteiger partial charge in [-0.15, -0.1) is 0 Å². The van der Waals surface area contributed by atoms with E-state index < -0.39 is 0 Å². The fraction of sp³-hybridized carbons (Fsp3) is 0.250. The van der Waals surface area contributed by atoms with Crippen molar-refractivity contribution in [3.63, 3.8) is 0 Å². The summed E-state index contributed by atoms with van der Waals surface area (Å²) in [5, 5.41) is 3.09. The smallest absolute Gasteiger partial charge is 0.233 e. The van der Waals surface area contributed by atoms with Crippen molar-refractivity contribution in [2.45, 2.75) is 6.92 Å². The van der Waals surface area contributed by atoms with E-state index in [0.29, 0.717) is 22.1 Å². The van der Waals surface area contributed by atoms with E-state index in [1.165, 1.54) is 6.07 Å². The monoisotopic (exact) mass is 359 g/mol. The minimum Gasteiger partial charge on any atom is -0.347 e. The number of aromatic nitrogens is 3. The van der Waals surface area contributed by atoms with Crippen LogP contribution in [0.4, 0.5) is 22.0 Å². The highest BCUT2D eigenvalue weighted by molar-refractivity contribution is 9.10. The van der Waals surface area contributed by atoms with Crippen LogP contribution in [0, 0.1) is 12.7 Å². The molecule has 106 valence electrons. The van der Waals surface area contributed by atoms with E-state index in [1.807, 2.05) is 0 Å². The highest BCUT2D eigenvalue weighted by Gasteiger charge is 2.10. The first-order chi connectivity index (χ1) is 9.36. The van der Waals surface area contributed by atoms with Gasteiger partial charge in [0.1, 0.15) is 5.82 Å². The SMILES string of the molecule is Cc1cc(F)c(Br)cc1Nc1nc(Cl)nc(N(C)C)n1. The largest absolute Gasteiger partial charge is 0.347 e. The molecule has 2 rings (SSSR count). The van der Waals surface area contributed by atoms with Gasteiger partial charge in [0.25, 0.3) is 0 Å². The molecule has 0 aliphatic carbocycles. The van der Waals surface area contributed by atoms with Crippen molar-refractivity contribution < 1.29 is 4.39 Å². The second-order valence-electron chi connectivity index (χ2n) is 4.33. The molecule has 1 aromatic carbocycles. The molecule has 0 saturated carbocycles. The molecule has 0 bridgehead atoms. The normalized spacial score (nSPS) is 10.5. The van der Waals surface area contributed by atoms with E-state index in [2.05, 4.69) is 36.2 Å². The fourth-order valence-electron chi connectivity index (χ4n) is 1.50. The van der Waals surface area contributed by atoms with Gasteiger partial charge in [0.2, 0.25) is 17.2 Å². The molecule has 2 aromatic rings. The molecule has 0 amide bonds. The van der Waals surface area contributed by atoms with Gasteiger partial charge in [-0.3, -0.25) is 0 Å². The van der Waals surface area contributed by atoms with Crippen LogP contribution < -0.4 is 10.2 Å². The standard InChI is InChI=1S/C12H12BrClFN5/c1-6-4-8(15)7(13)5-9(6)16-11-17-10(14)18-12(19-11)20(2)3/h4-5H,1-3H3,(H,16,17,18,19). The molecule has 5 nitrogen and oxygen atoms in total. The van der Waals surface area contributed by atoms with Crippen molar-refractivity contribution in [2.75, 3.05) is 24.3 Å². The lowest BCUT2D eigenvalue weighted by molar-refractivity contribution is 0.620. The molecule has 1 N–H and O–H groups in total. The summed E-state index contributed by atoms with van der Waals surface area (Å²) >= 11 is 9.00. The minimum absolute atomic E-state index is 0.0880. The summed E-state index contributed by atoms with van der Waals surface area (Å²) in [7, 11) is 3.60. The molecular weight excluding hydrogens is 349 g/mol. The quantitative estimate of drug-likeness (QED) is 0.907. The van der Waals surface area contributed by atoms with Gasteiger partial charge in [0.15, 0.2) is 0 Å². The zero-order valence-electron chi connectivity index (χ0n) is 11.1. The Bertz CT molecular complexity index is 650. The first kappa shape index (κ1) is 14.9. The number of anilines is 3. The second kappa shape index (κ2) is 5.88. The first-order valence-corrected chi connectivity index (χ1v) is 6.85. The number of benzene rings is 1. The zero-order valence-corrected chi connectivity index (χ0v) is 13.4. The third-order valence-corrected chi connectivity index (χ3v) is 3.29. The number of nitrogens with one attached hydrogen (secondary N) is 1. The lowest BCUT2D eigenvalue weighted by atomic mass is 10.2. The summed E-state index contributed by atoms with van der Waals surface area (Å²) in [6.07, 6.45) is 0. The van der Waals surface area contributed by atoms with Crippen LogP contribution in [0.2, 0.25) is 5.28 Å². The average molecular weight is 361 g/mol. The summed E-state index contributed by atoms with van der Waals surface area (Å²) in [4.78, 5) is 13.9. The van der Waals surface area contributed by atoms with Gasteiger partial charge in [-0.25, -0.2) is 4.39 Å². The van der Waals surface area contributed by atoms with Gasteiger partial charge < -0.3 is 10.2 Å². The minimum atomic E-state index is -0.323. The highest BCUT2D eigenvalue weighted by atomic mass is 79.9. The van der Waals surface area contributed by atoms with Gasteiger partial charge in [0, 0.05) is 19.8 Å². The van der Waals surface area contributed by atoms with Gasteiger partial charge in [-0.05, 0) is 52.2 Å². The van der Waals surface area contributed by atoms with Crippen molar-refractivity contribution in [3.05, 3.63) is 33.3 Å². The summed E-state index contributed by atoms with van der Waals surface area (Å²) < 4.78 is 13.7. The maximum Gasteiger partial charge on any atom is 0.233 e. The Morgan fingerprint density at radius 2 is 1.95 bits per heavy atom. The Labute approximate surface area is 129 Å². The third kappa shape index (κ3) is 3.34. The van der Waals surface area contributed by atoms with Gasteiger partial charge >= 0.3 is 0 Å². The van der Waals surface area contributed by atoms with Crippen LogP contribution in [0.5, 0.6) is 0 Å². The molecule has 0 aliphatic rings. The fourth-order valence-corrected chi connectivity index (χ4v) is 2.00. The summed E-state index contributed by atoms with van der Waals surface area (Å²) in [6.45, 7) is 1.79. The van der Waals surface area contributed by atoms with Crippen molar-refractivity contribution in [3.8, 4) is 0 Å². The van der Waals surface area contributed by atoms with Gasteiger partial charge in [0.05, 0.1) is 4.47 Å². The summed E-state index contributed by atoms with van der Waals surface area (Å²) in [5.74, 6) is 0.414. The molecule has 0 saturated heterocycles. The topological polar surface area (TPSA) is 53.9 Å². The van der Waals surface area contributed by atoms with Crippen molar-refractivity contribution in [1.82, 2.24) is 15.0 Å². The van der Waals surface area contributed by atoms with E-state index in [-0.39, 0.29) is 11.1 Å². The lowest BCUT2D eigenvalue weighted by Crippen LogP contribution is -2.14. The van der Waals surface area contributed by atoms with Crippen LogP contribution in [0.3, 0.4) is 0 Å². The van der Waals surface area contributed by atoms with Crippen LogP contribution in [0.1, 0.15) is 5.56 Å². The predicted molar refractivity (Wildman–Crippen MR) is 81.3 cm³/mol.